The van der Waals surface area contributed by atoms with Crippen LogP contribution in [0.4, 0.5) is 17.5 Å². The highest BCUT2D eigenvalue weighted by atomic mass is 15.2. The Bertz CT molecular complexity index is 901. The second kappa shape index (κ2) is 7.16. The van der Waals surface area contributed by atoms with Crippen LogP contribution in [-0.4, -0.2) is 16.0 Å². The molecule has 1 saturated carbocycles. The lowest BCUT2D eigenvalue weighted by Gasteiger charge is -2.15. The number of anilines is 3. The zero-order valence-corrected chi connectivity index (χ0v) is 15.3. The molecule has 0 saturated heterocycles. The van der Waals surface area contributed by atoms with Crippen LogP contribution in [0.5, 0.6) is 0 Å². The molecule has 0 bridgehead atoms. The van der Waals surface area contributed by atoms with Gasteiger partial charge in [0, 0.05) is 23.4 Å². The van der Waals surface area contributed by atoms with Crippen molar-refractivity contribution in [2.45, 2.75) is 39.2 Å². The second-order valence-corrected chi connectivity index (χ2v) is 6.83. The van der Waals surface area contributed by atoms with Crippen molar-refractivity contribution in [3.05, 3.63) is 65.7 Å². The van der Waals surface area contributed by atoms with Crippen LogP contribution >= 0.6 is 0 Å². The number of para-hydroxylation sites is 1. The Morgan fingerprint density at radius 3 is 2.54 bits per heavy atom. The Labute approximate surface area is 154 Å². The fraction of sp³-hybridized carbons (Fsp3) is 0.273. The molecule has 1 fully saturated rings. The van der Waals surface area contributed by atoms with E-state index in [-0.39, 0.29) is 0 Å². The van der Waals surface area contributed by atoms with Crippen LogP contribution in [0.25, 0.3) is 11.3 Å². The van der Waals surface area contributed by atoms with Gasteiger partial charge in [-0.05, 0) is 37.3 Å². The van der Waals surface area contributed by atoms with Gasteiger partial charge in [0.25, 0.3) is 0 Å². The zero-order chi connectivity index (χ0) is 17.9. The molecule has 132 valence electrons. The second-order valence-electron chi connectivity index (χ2n) is 6.83. The Hall–Kier alpha value is -2.88. The first-order valence-electron chi connectivity index (χ1n) is 9.29. The Kier molecular flexibility index (Phi) is 4.57. The first kappa shape index (κ1) is 16.6. The fourth-order valence-electron chi connectivity index (χ4n) is 3.07. The highest BCUT2D eigenvalue weighted by Gasteiger charge is 2.22. The van der Waals surface area contributed by atoms with Gasteiger partial charge in [-0.15, -0.1) is 0 Å². The molecule has 1 aliphatic rings. The predicted molar refractivity (Wildman–Crippen MR) is 108 cm³/mol. The average Bonchev–Trinajstić information content (AvgIpc) is 3.48. The fourth-order valence-corrected chi connectivity index (χ4v) is 3.07. The topological polar surface area (TPSA) is 49.8 Å². The van der Waals surface area contributed by atoms with Crippen molar-refractivity contribution in [1.29, 1.82) is 0 Å². The van der Waals surface area contributed by atoms with Crippen molar-refractivity contribution in [3.8, 4) is 11.3 Å². The minimum Gasteiger partial charge on any atom is -0.351 e. The van der Waals surface area contributed by atoms with E-state index in [0.717, 1.165) is 29.2 Å². The van der Waals surface area contributed by atoms with Gasteiger partial charge in [0.15, 0.2) is 0 Å². The maximum absolute atomic E-state index is 4.73. The summed E-state index contributed by atoms with van der Waals surface area (Å²) >= 11 is 0. The minimum absolute atomic E-state index is 0.513. The van der Waals surface area contributed by atoms with Crippen LogP contribution in [0.1, 0.15) is 30.9 Å². The van der Waals surface area contributed by atoms with Crippen molar-refractivity contribution in [3.63, 3.8) is 0 Å². The Morgan fingerprint density at radius 2 is 1.81 bits per heavy atom. The number of nitrogens with zero attached hydrogens (tertiary/aromatic N) is 2. The third kappa shape index (κ3) is 3.69. The number of aromatic nitrogens is 2. The van der Waals surface area contributed by atoms with Gasteiger partial charge in [-0.3, -0.25) is 0 Å². The highest BCUT2D eigenvalue weighted by molar-refractivity contribution is 5.70. The molecule has 0 amide bonds. The van der Waals surface area contributed by atoms with Crippen LogP contribution < -0.4 is 10.6 Å². The lowest BCUT2D eigenvalue weighted by molar-refractivity contribution is 1.05. The molecule has 26 heavy (non-hydrogen) atoms. The quantitative estimate of drug-likeness (QED) is 0.634. The first-order valence-corrected chi connectivity index (χ1v) is 9.29. The number of benzene rings is 2. The van der Waals surface area contributed by atoms with E-state index in [4.69, 9.17) is 9.97 Å². The van der Waals surface area contributed by atoms with Crippen LogP contribution in [0.2, 0.25) is 0 Å². The summed E-state index contributed by atoms with van der Waals surface area (Å²) in [5.41, 5.74) is 5.68. The number of rotatable bonds is 6. The third-order valence-electron chi connectivity index (χ3n) is 4.70. The van der Waals surface area contributed by atoms with Gasteiger partial charge in [0.1, 0.15) is 5.82 Å². The summed E-state index contributed by atoms with van der Waals surface area (Å²) in [7, 11) is 0. The molecule has 0 spiro atoms. The smallest absolute Gasteiger partial charge is 0.225 e. The van der Waals surface area contributed by atoms with E-state index in [0.29, 0.717) is 12.0 Å². The summed E-state index contributed by atoms with van der Waals surface area (Å²) in [6, 6.07) is 19.2. The lowest BCUT2D eigenvalue weighted by atomic mass is 10.1. The Morgan fingerprint density at radius 1 is 1.00 bits per heavy atom. The summed E-state index contributed by atoms with van der Waals surface area (Å²) in [6.07, 6.45) is 3.37. The molecule has 0 radical (unpaired) electrons. The van der Waals surface area contributed by atoms with Gasteiger partial charge < -0.3 is 10.6 Å². The predicted octanol–water partition coefficient (Wildman–Crippen LogP) is 5.33. The first-order chi connectivity index (χ1) is 12.7. The van der Waals surface area contributed by atoms with Crippen LogP contribution in [0.3, 0.4) is 0 Å². The largest absolute Gasteiger partial charge is 0.351 e. The minimum atomic E-state index is 0.513. The molecule has 2 aromatic carbocycles. The Balaban J connectivity index is 1.73. The molecule has 0 unspecified atom stereocenters. The number of hydrogen-bond acceptors (Lipinski definition) is 4. The summed E-state index contributed by atoms with van der Waals surface area (Å²) < 4.78 is 0. The van der Waals surface area contributed by atoms with Crippen LogP contribution in [0.15, 0.2) is 54.6 Å². The standard InChI is InChI=1S/C22H24N4/c1-3-16-11-7-8-15(2)21(16)25-20-14-19(17-9-5-4-6-10-17)24-22(26-20)23-18-12-13-18/h4-11,14,18H,3,12-13H2,1-2H3,(H2,23,24,25,26). The summed E-state index contributed by atoms with van der Waals surface area (Å²) in [5.74, 6) is 1.52. The summed E-state index contributed by atoms with van der Waals surface area (Å²) in [5, 5.41) is 6.98. The SMILES string of the molecule is CCc1cccc(C)c1Nc1cc(-c2ccccc2)nc(NC2CC2)n1. The van der Waals surface area contributed by atoms with Gasteiger partial charge in [0.05, 0.1) is 5.69 Å². The molecule has 4 nitrogen and oxygen atoms in total. The molecule has 1 heterocycles. The molecule has 4 rings (SSSR count). The van der Waals surface area contributed by atoms with Gasteiger partial charge in [-0.1, -0.05) is 55.5 Å². The molecular formula is C22H24N4. The summed E-state index contributed by atoms with van der Waals surface area (Å²) in [4.78, 5) is 9.45. The van der Waals surface area contributed by atoms with Crippen molar-refractivity contribution >= 4 is 17.5 Å². The van der Waals surface area contributed by atoms with Gasteiger partial charge in [0.2, 0.25) is 5.95 Å². The normalized spacial score (nSPS) is 13.5. The summed E-state index contributed by atoms with van der Waals surface area (Å²) in [6.45, 7) is 4.31. The zero-order valence-electron chi connectivity index (χ0n) is 15.3. The van der Waals surface area contributed by atoms with Gasteiger partial charge >= 0.3 is 0 Å². The molecule has 0 atom stereocenters. The van der Waals surface area contributed by atoms with E-state index >= 15 is 0 Å². The van der Waals surface area contributed by atoms with Crippen molar-refractivity contribution in [1.82, 2.24) is 9.97 Å². The average molecular weight is 344 g/mol. The maximum atomic E-state index is 4.73. The highest BCUT2D eigenvalue weighted by Crippen LogP contribution is 2.29. The van der Waals surface area contributed by atoms with Crippen LogP contribution in [0, 0.1) is 6.92 Å². The molecule has 2 N–H and O–H groups in total. The monoisotopic (exact) mass is 344 g/mol. The molecule has 0 aliphatic heterocycles. The van der Waals surface area contributed by atoms with Crippen LogP contribution in [-0.2, 0) is 6.42 Å². The van der Waals surface area contributed by atoms with Gasteiger partial charge in [-0.25, -0.2) is 4.98 Å². The van der Waals surface area contributed by atoms with E-state index in [1.165, 1.54) is 24.0 Å². The van der Waals surface area contributed by atoms with E-state index in [1.54, 1.807) is 0 Å². The van der Waals surface area contributed by atoms with E-state index in [9.17, 15) is 0 Å². The van der Waals surface area contributed by atoms with Crippen molar-refractivity contribution < 1.29 is 0 Å². The molecular weight excluding hydrogens is 320 g/mol. The van der Waals surface area contributed by atoms with Gasteiger partial charge in [-0.2, -0.15) is 4.98 Å². The van der Waals surface area contributed by atoms with E-state index in [1.807, 2.05) is 24.3 Å². The third-order valence-corrected chi connectivity index (χ3v) is 4.70. The van der Waals surface area contributed by atoms with Crippen molar-refractivity contribution in [2.75, 3.05) is 10.6 Å². The molecule has 4 heteroatoms. The molecule has 3 aromatic rings. The number of nitrogens with one attached hydrogen (secondary N) is 2. The maximum Gasteiger partial charge on any atom is 0.225 e. The number of hydrogen-bond donors (Lipinski definition) is 2. The molecule has 1 aliphatic carbocycles. The van der Waals surface area contributed by atoms with E-state index < -0.39 is 0 Å². The number of aryl methyl sites for hydroxylation is 2. The molecule has 1 aromatic heterocycles. The lowest BCUT2D eigenvalue weighted by Crippen LogP contribution is -2.08. The van der Waals surface area contributed by atoms with E-state index in [2.05, 4.69) is 54.8 Å². The van der Waals surface area contributed by atoms with Crippen molar-refractivity contribution in [2.24, 2.45) is 0 Å².